The maximum atomic E-state index is 13.8. The Kier molecular flexibility index (Phi) is 8.44. The number of sulfonamides is 1. The Morgan fingerprint density at radius 1 is 1.10 bits per heavy atom. The number of anilines is 4. The average Bonchev–Trinajstić information content (AvgIpc) is 2.91. The first kappa shape index (κ1) is 29.0. The number of aromatic nitrogens is 3. The number of benzene rings is 1. The number of carbonyl (C=O) groups is 1. The second-order valence-corrected chi connectivity index (χ2v) is 11.3. The van der Waals surface area contributed by atoms with Crippen molar-refractivity contribution in [3.8, 4) is 0 Å². The summed E-state index contributed by atoms with van der Waals surface area (Å²) in [5.41, 5.74) is 0.0969. The average molecular weight is 579 g/mol. The number of hydrogen-bond donors (Lipinski definition) is 2. The van der Waals surface area contributed by atoms with Crippen LogP contribution in [0.1, 0.15) is 21.5 Å². The zero-order chi connectivity index (χ0) is 29.1. The molecule has 4 rings (SSSR count). The van der Waals surface area contributed by atoms with Gasteiger partial charge < -0.3 is 20.4 Å². The van der Waals surface area contributed by atoms with Crippen molar-refractivity contribution in [1.82, 2.24) is 24.8 Å². The van der Waals surface area contributed by atoms with E-state index in [1.807, 2.05) is 7.05 Å². The van der Waals surface area contributed by atoms with Crippen LogP contribution >= 0.6 is 0 Å². The van der Waals surface area contributed by atoms with Gasteiger partial charge in [0.15, 0.2) is 0 Å². The fraction of sp³-hybridized carbons (Fsp3) is 0.360. The molecular weight excluding hydrogens is 549 g/mol. The minimum atomic E-state index is -4.75. The Bertz CT molecular complexity index is 1480. The van der Waals surface area contributed by atoms with Gasteiger partial charge >= 0.3 is 6.18 Å². The Labute approximate surface area is 230 Å². The molecule has 0 spiro atoms. The van der Waals surface area contributed by atoms with E-state index in [2.05, 4.69) is 30.5 Å². The molecule has 0 bridgehead atoms. The van der Waals surface area contributed by atoms with Gasteiger partial charge in [-0.05, 0) is 31.3 Å². The molecule has 1 aromatic carbocycles. The van der Waals surface area contributed by atoms with Gasteiger partial charge in [0.2, 0.25) is 16.0 Å². The van der Waals surface area contributed by atoms with Crippen molar-refractivity contribution in [1.29, 1.82) is 0 Å². The molecule has 0 aliphatic carbocycles. The molecule has 2 N–H and O–H groups in total. The number of nitrogens with one attached hydrogen (secondary N) is 2. The van der Waals surface area contributed by atoms with E-state index < -0.39 is 27.6 Å². The van der Waals surface area contributed by atoms with Crippen LogP contribution in [0.25, 0.3) is 0 Å². The van der Waals surface area contributed by atoms with Crippen molar-refractivity contribution in [3.05, 3.63) is 65.5 Å². The number of nitrogens with zero attached hydrogens (tertiary/aromatic N) is 6. The number of rotatable bonds is 8. The molecule has 11 nitrogen and oxygen atoms in total. The van der Waals surface area contributed by atoms with Crippen LogP contribution in [0.3, 0.4) is 0 Å². The minimum Gasteiger partial charge on any atom is -0.365 e. The van der Waals surface area contributed by atoms with E-state index in [-0.39, 0.29) is 24.2 Å². The Hall–Kier alpha value is -3.98. The highest BCUT2D eigenvalue weighted by atomic mass is 32.2. The second-order valence-electron chi connectivity index (χ2n) is 9.33. The van der Waals surface area contributed by atoms with Crippen LogP contribution in [0.15, 0.2) is 48.8 Å². The lowest BCUT2D eigenvalue weighted by atomic mass is 10.1. The number of pyridine rings is 1. The zero-order valence-electron chi connectivity index (χ0n) is 22.1. The van der Waals surface area contributed by atoms with Gasteiger partial charge in [-0.25, -0.2) is 18.4 Å². The molecule has 40 heavy (non-hydrogen) atoms. The van der Waals surface area contributed by atoms with Crippen LogP contribution in [0.2, 0.25) is 0 Å². The van der Waals surface area contributed by atoms with E-state index in [0.717, 1.165) is 23.7 Å². The molecule has 3 heterocycles. The summed E-state index contributed by atoms with van der Waals surface area (Å²) in [5, 5.41) is 5.52. The van der Waals surface area contributed by atoms with Gasteiger partial charge in [-0.1, -0.05) is 12.1 Å². The molecule has 1 aliphatic heterocycles. The van der Waals surface area contributed by atoms with Crippen LogP contribution in [0.4, 0.5) is 36.4 Å². The molecule has 1 saturated heterocycles. The number of alkyl halides is 3. The largest absolute Gasteiger partial charge is 0.421 e. The summed E-state index contributed by atoms with van der Waals surface area (Å²) in [7, 11) is -0.363. The van der Waals surface area contributed by atoms with Crippen molar-refractivity contribution in [2.24, 2.45) is 0 Å². The number of carbonyl (C=O) groups excluding carboxylic acids is 1. The summed E-state index contributed by atoms with van der Waals surface area (Å²) < 4.78 is 66.2. The van der Waals surface area contributed by atoms with Gasteiger partial charge in [0.25, 0.3) is 5.91 Å². The molecule has 1 fully saturated rings. The lowest BCUT2D eigenvalue weighted by Crippen LogP contribution is -2.47. The predicted molar refractivity (Wildman–Crippen MR) is 145 cm³/mol. The summed E-state index contributed by atoms with van der Waals surface area (Å²) in [6.07, 6.45) is -1.71. The first-order chi connectivity index (χ1) is 18.8. The third kappa shape index (κ3) is 6.96. The van der Waals surface area contributed by atoms with Crippen LogP contribution in [-0.4, -0.2) is 85.6 Å². The Morgan fingerprint density at radius 2 is 1.82 bits per heavy atom. The summed E-state index contributed by atoms with van der Waals surface area (Å²) in [6, 6.07) is 9.68. The maximum Gasteiger partial charge on any atom is 0.421 e. The van der Waals surface area contributed by atoms with Crippen molar-refractivity contribution in [2.45, 2.75) is 12.7 Å². The van der Waals surface area contributed by atoms with Crippen molar-refractivity contribution < 1.29 is 26.4 Å². The third-order valence-electron chi connectivity index (χ3n) is 6.36. The number of likely N-dealkylation sites (N-methyl/N-ethyl adjacent to an activating group) is 1. The monoisotopic (exact) mass is 578 g/mol. The normalized spacial score (nSPS) is 14.6. The fourth-order valence-electron chi connectivity index (χ4n) is 4.02. The molecule has 0 saturated carbocycles. The molecule has 214 valence electrons. The van der Waals surface area contributed by atoms with Gasteiger partial charge in [0, 0.05) is 69.0 Å². The SMILES string of the molecule is CN1CCN(C(=O)c2cccc(Nc3ncc(C(F)(F)F)c(NCc4cccnc4N(C)S(C)(=O)=O)n3)c2)CC1. The van der Waals surface area contributed by atoms with E-state index >= 15 is 0 Å². The molecular formula is C25H29F3N8O3S. The van der Waals surface area contributed by atoms with Crippen molar-refractivity contribution >= 4 is 39.2 Å². The number of piperazine rings is 1. The van der Waals surface area contributed by atoms with E-state index in [4.69, 9.17) is 0 Å². The van der Waals surface area contributed by atoms with Crippen molar-refractivity contribution in [2.75, 3.05) is 61.5 Å². The Balaban J connectivity index is 1.56. The molecule has 3 aromatic rings. The summed E-state index contributed by atoms with van der Waals surface area (Å²) in [5.74, 6) is -0.704. The quantitative estimate of drug-likeness (QED) is 0.415. The summed E-state index contributed by atoms with van der Waals surface area (Å²) in [4.78, 5) is 28.8. The minimum absolute atomic E-state index is 0.0697. The molecule has 0 radical (unpaired) electrons. The van der Waals surface area contributed by atoms with E-state index in [9.17, 15) is 26.4 Å². The summed E-state index contributed by atoms with van der Waals surface area (Å²) >= 11 is 0. The second kappa shape index (κ2) is 11.6. The predicted octanol–water partition coefficient (Wildman–Crippen LogP) is 3.03. The topological polar surface area (TPSA) is 124 Å². The zero-order valence-corrected chi connectivity index (χ0v) is 22.9. The van der Waals surface area contributed by atoms with E-state index in [1.54, 1.807) is 41.3 Å². The molecule has 1 amide bonds. The van der Waals surface area contributed by atoms with Crippen LogP contribution in [-0.2, 0) is 22.7 Å². The Morgan fingerprint density at radius 3 is 2.50 bits per heavy atom. The summed E-state index contributed by atoms with van der Waals surface area (Å²) in [6.45, 7) is 2.54. The lowest BCUT2D eigenvalue weighted by molar-refractivity contribution is -0.137. The molecule has 2 aromatic heterocycles. The van der Waals surface area contributed by atoms with Gasteiger partial charge in [-0.3, -0.25) is 9.10 Å². The molecule has 0 unspecified atom stereocenters. The van der Waals surface area contributed by atoms with Gasteiger partial charge in [0.1, 0.15) is 17.2 Å². The highest BCUT2D eigenvalue weighted by Crippen LogP contribution is 2.34. The molecule has 15 heteroatoms. The number of amides is 1. The highest BCUT2D eigenvalue weighted by molar-refractivity contribution is 7.92. The lowest BCUT2D eigenvalue weighted by Gasteiger charge is -2.32. The highest BCUT2D eigenvalue weighted by Gasteiger charge is 2.35. The smallest absolute Gasteiger partial charge is 0.365 e. The standard InChI is InChI=1S/C25H29F3N8O3S/c1-34-10-12-36(13-11-34)23(37)17-6-4-8-19(14-17)32-24-31-16-20(25(26,27)28)21(33-24)30-15-18-7-5-9-29-22(18)35(2)40(3,38)39/h4-9,14,16H,10-13,15H2,1-3H3,(H2,30,31,32,33). The number of hydrogen-bond acceptors (Lipinski definition) is 9. The van der Waals surface area contributed by atoms with Gasteiger partial charge in [-0.15, -0.1) is 0 Å². The van der Waals surface area contributed by atoms with Crippen LogP contribution < -0.4 is 14.9 Å². The molecule has 0 atom stereocenters. The first-order valence-electron chi connectivity index (χ1n) is 12.2. The van der Waals surface area contributed by atoms with Gasteiger partial charge in [0.05, 0.1) is 6.26 Å². The van der Waals surface area contributed by atoms with Crippen molar-refractivity contribution in [3.63, 3.8) is 0 Å². The van der Waals surface area contributed by atoms with Gasteiger partial charge in [-0.2, -0.15) is 18.2 Å². The van der Waals surface area contributed by atoms with E-state index in [0.29, 0.717) is 36.1 Å². The number of halogens is 3. The first-order valence-corrected chi connectivity index (χ1v) is 14.1. The fourth-order valence-corrected chi connectivity index (χ4v) is 4.50. The third-order valence-corrected chi connectivity index (χ3v) is 7.53. The van der Waals surface area contributed by atoms with Crippen LogP contribution in [0.5, 0.6) is 0 Å². The molecule has 1 aliphatic rings. The van der Waals surface area contributed by atoms with E-state index in [1.165, 1.54) is 13.2 Å². The maximum absolute atomic E-state index is 13.8. The van der Waals surface area contributed by atoms with Crippen LogP contribution in [0, 0.1) is 0 Å².